The molecule has 7 nitrogen and oxygen atoms in total. The first-order valence-corrected chi connectivity index (χ1v) is 7.59. The SMILES string of the molecule is O=C(O)c1ccc(-c2ccc(/C=N/NC(=O)c3cccc(O)c3)o2)cc1. The van der Waals surface area contributed by atoms with Crippen LogP contribution in [0.5, 0.6) is 5.75 Å². The molecule has 1 heterocycles. The van der Waals surface area contributed by atoms with Crippen molar-refractivity contribution in [2.45, 2.75) is 0 Å². The van der Waals surface area contributed by atoms with Gasteiger partial charge < -0.3 is 14.6 Å². The quantitative estimate of drug-likeness (QED) is 0.483. The van der Waals surface area contributed by atoms with Crippen molar-refractivity contribution in [1.82, 2.24) is 5.43 Å². The van der Waals surface area contributed by atoms with Gasteiger partial charge in [0, 0.05) is 11.1 Å². The van der Waals surface area contributed by atoms with E-state index in [2.05, 4.69) is 10.5 Å². The lowest BCUT2D eigenvalue weighted by Gasteiger charge is -2.00. The lowest BCUT2D eigenvalue weighted by Crippen LogP contribution is -2.17. The molecule has 0 aliphatic heterocycles. The molecule has 0 unspecified atom stereocenters. The molecule has 0 atom stereocenters. The number of benzene rings is 2. The molecule has 0 aliphatic rings. The van der Waals surface area contributed by atoms with Gasteiger partial charge in [0.05, 0.1) is 11.8 Å². The van der Waals surface area contributed by atoms with Crippen LogP contribution in [-0.4, -0.2) is 28.3 Å². The van der Waals surface area contributed by atoms with Crippen LogP contribution in [0.3, 0.4) is 0 Å². The average molecular weight is 350 g/mol. The van der Waals surface area contributed by atoms with Crippen LogP contribution in [0, 0.1) is 0 Å². The fourth-order valence-corrected chi connectivity index (χ4v) is 2.22. The van der Waals surface area contributed by atoms with Crippen molar-refractivity contribution in [2.24, 2.45) is 5.10 Å². The molecule has 0 spiro atoms. The third-order valence-corrected chi connectivity index (χ3v) is 3.51. The van der Waals surface area contributed by atoms with Crippen LogP contribution in [0.4, 0.5) is 0 Å². The van der Waals surface area contributed by atoms with E-state index in [1.54, 1.807) is 36.4 Å². The Labute approximate surface area is 148 Å². The molecule has 26 heavy (non-hydrogen) atoms. The number of hydrazone groups is 1. The average Bonchev–Trinajstić information content (AvgIpc) is 3.10. The van der Waals surface area contributed by atoms with Gasteiger partial charge in [-0.3, -0.25) is 4.79 Å². The monoisotopic (exact) mass is 350 g/mol. The number of carbonyl (C=O) groups excluding carboxylic acids is 1. The zero-order valence-corrected chi connectivity index (χ0v) is 13.4. The fraction of sp³-hybridized carbons (Fsp3) is 0. The normalized spacial score (nSPS) is 10.8. The molecular weight excluding hydrogens is 336 g/mol. The number of carboxylic acid groups (broad SMARTS) is 1. The third kappa shape index (κ3) is 3.96. The summed E-state index contributed by atoms with van der Waals surface area (Å²) in [6.07, 6.45) is 1.34. The van der Waals surface area contributed by atoms with Crippen molar-refractivity contribution < 1.29 is 24.2 Å². The predicted molar refractivity (Wildman–Crippen MR) is 94.3 cm³/mol. The van der Waals surface area contributed by atoms with Gasteiger partial charge in [0.1, 0.15) is 17.3 Å². The van der Waals surface area contributed by atoms with E-state index in [9.17, 15) is 14.7 Å². The highest BCUT2D eigenvalue weighted by Crippen LogP contribution is 2.22. The highest BCUT2D eigenvalue weighted by atomic mass is 16.4. The first-order chi connectivity index (χ1) is 12.5. The zero-order chi connectivity index (χ0) is 18.5. The molecule has 130 valence electrons. The Kier molecular flexibility index (Phi) is 4.80. The van der Waals surface area contributed by atoms with Crippen LogP contribution in [0.2, 0.25) is 0 Å². The molecule has 3 rings (SSSR count). The second-order valence-corrected chi connectivity index (χ2v) is 5.33. The smallest absolute Gasteiger partial charge is 0.335 e. The molecule has 0 fully saturated rings. The number of phenolic OH excluding ortho intramolecular Hbond substituents is 1. The second-order valence-electron chi connectivity index (χ2n) is 5.33. The summed E-state index contributed by atoms with van der Waals surface area (Å²) in [4.78, 5) is 22.7. The number of aromatic hydroxyl groups is 1. The number of nitrogens with zero attached hydrogens (tertiary/aromatic N) is 1. The van der Waals surface area contributed by atoms with Crippen molar-refractivity contribution in [2.75, 3.05) is 0 Å². The molecule has 3 N–H and O–H groups in total. The Morgan fingerprint density at radius 3 is 2.46 bits per heavy atom. The van der Waals surface area contributed by atoms with E-state index >= 15 is 0 Å². The van der Waals surface area contributed by atoms with Crippen molar-refractivity contribution in [1.29, 1.82) is 0 Å². The number of nitrogens with one attached hydrogen (secondary N) is 1. The molecule has 1 aromatic heterocycles. The van der Waals surface area contributed by atoms with Gasteiger partial charge in [-0.1, -0.05) is 18.2 Å². The molecule has 2 aromatic carbocycles. The van der Waals surface area contributed by atoms with Gasteiger partial charge in [0.2, 0.25) is 0 Å². The van der Waals surface area contributed by atoms with Gasteiger partial charge in [-0.15, -0.1) is 0 Å². The molecule has 0 radical (unpaired) electrons. The molecule has 7 heteroatoms. The van der Waals surface area contributed by atoms with Crippen LogP contribution < -0.4 is 5.43 Å². The van der Waals surface area contributed by atoms with Gasteiger partial charge >= 0.3 is 5.97 Å². The standard InChI is InChI=1S/C19H14N2O5/c22-15-3-1-2-14(10-15)18(23)21-20-11-16-8-9-17(26-16)12-4-6-13(7-5-12)19(24)25/h1-11,22H,(H,21,23)(H,24,25)/b20-11+. The topological polar surface area (TPSA) is 112 Å². The summed E-state index contributed by atoms with van der Waals surface area (Å²) in [5.74, 6) is -0.507. The molecule has 1 amide bonds. The Balaban J connectivity index is 1.65. The highest BCUT2D eigenvalue weighted by Gasteiger charge is 2.07. The van der Waals surface area contributed by atoms with E-state index < -0.39 is 11.9 Å². The minimum absolute atomic E-state index is 0.00813. The number of phenols is 1. The lowest BCUT2D eigenvalue weighted by atomic mass is 10.1. The number of hydrogen-bond acceptors (Lipinski definition) is 5. The molecule has 3 aromatic rings. The molecular formula is C19H14N2O5. The predicted octanol–water partition coefficient (Wildman–Crippen LogP) is 3.11. The molecule has 0 saturated carbocycles. The summed E-state index contributed by atoms with van der Waals surface area (Å²) in [6, 6.07) is 15.6. The van der Waals surface area contributed by atoms with Crippen LogP contribution in [-0.2, 0) is 0 Å². The summed E-state index contributed by atoms with van der Waals surface area (Å²) in [5.41, 5.74) is 3.53. The zero-order valence-electron chi connectivity index (χ0n) is 13.4. The van der Waals surface area contributed by atoms with Crippen LogP contribution >= 0.6 is 0 Å². The molecule has 0 saturated heterocycles. The summed E-state index contributed by atoms with van der Waals surface area (Å²) < 4.78 is 5.59. The number of amides is 1. The molecule has 0 bridgehead atoms. The van der Waals surface area contributed by atoms with E-state index in [0.29, 0.717) is 11.5 Å². The van der Waals surface area contributed by atoms with Gasteiger partial charge in [-0.25, -0.2) is 10.2 Å². The number of aromatic carboxylic acids is 1. The van der Waals surface area contributed by atoms with Gasteiger partial charge in [0.15, 0.2) is 0 Å². The minimum atomic E-state index is -0.994. The summed E-state index contributed by atoms with van der Waals surface area (Å²) >= 11 is 0. The largest absolute Gasteiger partial charge is 0.508 e. The van der Waals surface area contributed by atoms with Crippen LogP contribution in [0.1, 0.15) is 26.5 Å². The Hall–Kier alpha value is -3.87. The number of rotatable bonds is 5. The summed E-state index contributed by atoms with van der Waals surface area (Å²) in [6.45, 7) is 0. The summed E-state index contributed by atoms with van der Waals surface area (Å²) in [5, 5.41) is 22.1. The van der Waals surface area contributed by atoms with Gasteiger partial charge in [-0.2, -0.15) is 5.10 Å². The van der Waals surface area contributed by atoms with E-state index in [1.165, 1.54) is 30.5 Å². The maximum atomic E-state index is 11.9. The first-order valence-electron chi connectivity index (χ1n) is 7.59. The first kappa shape index (κ1) is 17.0. The van der Waals surface area contributed by atoms with E-state index in [-0.39, 0.29) is 16.9 Å². The van der Waals surface area contributed by atoms with Crippen molar-refractivity contribution >= 4 is 18.1 Å². The molecule has 0 aliphatic carbocycles. The third-order valence-electron chi connectivity index (χ3n) is 3.51. The second kappa shape index (κ2) is 7.35. The number of hydrogen-bond donors (Lipinski definition) is 3. The van der Waals surface area contributed by atoms with Crippen molar-refractivity contribution in [3.05, 3.63) is 77.6 Å². The maximum Gasteiger partial charge on any atom is 0.335 e. The lowest BCUT2D eigenvalue weighted by molar-refractivity contribution is 0.0696. The van der Waals surface area contributed by atoms with E-state index in [0.717, 1.165) is 5.56 Å². The number of furan rings is 1. The Morgan fingerprint density at radius 1 is 1.00 bits per heavy atom. The van der Waals surface area contributed by atoms with Crippen LogP contribution in [0.25, 0.3) is 11.3 Å². The highest BCUT2D eigenvalue weighted by molar-refractivity contribution is 5.95. The van der Waals surface area contributed by atoms with Gasteiger partial charge in [0.25, 0.3) is 5.91 Å². The Morgan fingerprint density at radius 2 is 1.77 bits per heavy atom. The van der Waals surface area contributed by atoms with E-state index in [1.807, 2.05) is 0 Å². The maximum absolute atomic E-state index is 11.9. The number of carbonyl (C=O) groups is 2. The Bertz CT molecular complexity index is 974. The summed E-state index contributed by atoms with van der Waals surface area (Å²) in [7, 11) is 0. The van der Waals surface area contributed by atoms with Crippen LogP contribution in [0.15, 0.2) is 70.2 Å². The fourth-order valence-electron chi connectivity index (χ4n) is 2.22. The van der Waals surface area contributed by atoms with Crippen molar-refractivity contribution in [3.63, 3.8) is 0 Å². The number of carboxylic acids is 1. The van der Waals surface area contributed by atoms with Gasteiger partial charge in [-0.05, 0) is 42.5 Å². The van der Waals surface area contributed by atoms with E-state index in [4.69, 9.17) is 9.52 Å². The minimum Gasteiger partial charge on any atom is -0.508 e. The van der Waals surface area contributed by atoms with Crippen molar-refractivity contribution in [3.8, 4) is 17.1 Å².